The summed E-state index contributed by atoms with van der Waals surface area (Å²) in [6, 6.07) is 0. The zero-order valence-corrected chi connectivity index (χ0v) is 12.3. The maximum absolute atomic E-state index is 2.53. The topological polar surface area (TPSA) is 0 Å². The predicted molar refractivity (Wildman–Crippen MR) is 44.4 cm³/mol. The number of hydrogen-bond acceptors (Lipinski definition) is 0. The van der Waals surface area contributed by atoms with Crippen LogP contribution in [0.25, 0.3) is 0 Å². The summed E-state index contributed by atoms with van der Waals surface area (Å²) >= 11 is -1.44. The van der Waals surface area contributed by atoms with Crippen LogP contribution in [0.2, 0.25) is 21.7 Å². The summed E-state index contributed by atoms with van der Waals surface area (Å²) in [7, 11) is 0. The summed E-state index contributed by atoms with van der Waals surface area (Å²) in [5.74, 6) is 0. The zero-order valence-electron chi connectivity index (χ0n) is 6.58. The molecule has 0 aromatic rings. The summed E-state index contributed by atoms with van der Waals surface area (Å²) < 4.78 is 1.26. The second-order valence-electron chi connectivity index (χ2n) is 2.88. The fraction of sp³-hybridized carbons (Fsp3) is 1.00. The Hall–Kier alpha value is 1.60. The molecule has 0 fully saturated rings. The Kier molecular flexibility index (Phi) is 5.30. The monoisotopic (exact) mass is 328 g/mol. The fourth-order valence-electron chi connectivity index (χ4n) is 0.577. The van der Waals surface area contributed by atoms with Gasteiger partial charge in [0.05, 0.1) is 0 Å². The standard InChI is InChI=1S/C2H4.4CH3.2Sn/c1-2;;;;;;/h1H,2H3;4*1H3;;. The molecule has 48 valence electrons. The van der Waals surface area contributed by atoms with Crippen LogP contribution in [0, 0.1) is 0 Å². The molecule has 2 radical (unpaired) electrons. The van der Waals surface area contributed by atoms with E-state index in [1.165, 1.54) is 1.95 Å². The maximum atomic E-state index is 2.53. The first-order valence-electron chi connectivity index (χ1n) is 3.15. The summed E-state index contributed by atoms with van der Waals surface area (Å²) in [5, 5.41) is 0. The van der Waals surface area contributed by atoms with Crippen LogP contribution in [0.4, 0.5) is 0 Å². The summed E-state index contributed by atoms with van der Waals surface area (Å²) in [4.78, 5) is 10.1. The van der Waals surface area contributed by atoms with Crippen molar-refractivity contribution in [2.45, 2.75) is 28.6 Å². The quantitative estimate of drug-likeness (QED) is 0.684. The molecule has 0 aliphatic heterocycles. The molecular formula is C6H16Sn2. The van der Waals surface area contributed by atoms with Crippen LogP contribution >= 0.6 is 0 Å². The SMILES string of the molecule is C[CH]([Sn]([CH3])[CH3])[Sn]([CH3])[CH3]. The molecule has 8 heavy (non-hydrogen) atoms. The van der Waals surface area contributed by atoms with Gasteiger partial charge in [0.1, 0.15) is 0 Å². The molecule has 0 aromatic heterocycles. The van der Waals surface area contributed by atoms with Gasteiger partial charge in [0, 0.05) is 0 Å². The van der Waals surface area contributed by atoms with Crippen LogP contribution < -0.4 is 0 Å². The van der Waals surface area contributed by atoms with E-state index in [0.29, 0.717) is 0 Å². The molecule has 0 saturated heterocycles. The molecule has 0 atom stereocenters. The van der Waals surface area contributed by atoms with Crippen LogP contribution in [-0.4, -0.2) is 39.5 Å². The molecule has 0 unspecified atom stereocenters. The molecule has 0 rings (SSSR count). The van der Waals surface area contributed by atoms with Crippen molar-refractivity contribution in [2.24, 2.45) is 0 Å². The molecule has 0 N–H and O–H groups in total. The normalized spacial score (nSPS) is 12.0. The van der Waals surface area contributed by atoms with E-state index in [4.69, 9.17) is 0 Å². The van der Waals surface area contributed by atoms with Gasteiger partial charge in [0.25, 0.3) is 0 Å². The van der Waals surface area contributed by atoms with Crippen molar-refractivity contribution in [3.63, 3.8) is 0 Å². The molecular weight excluding hydrogens is 309 g/mol. The molecule has 0 nitrogen and oxygen atoms in total. The van der Waals surface area contributed by atoms with Crippen LogP contribution in [0.5, 0.6) is 0 Å². The van der Waals surface area contributed by atoms with Crippen molar-refractivity contribution in [1.29, 1.82) is 0 Å². The van der Waals surface area contributed by atoms with Gasteiger partial charge in [-0.3, -0.25) is 0 Å². The van der Waals surface area contributed by atoms with E-state index in [0.717, 1.165) is 0 Å². The third kappa shape index (κ3) is 3.59. The molecule has 0 amide bonds. The zero-order chi connectivity index (χ0) is 6.73. The molecule has 0 bridgehead atoms. The van der Waals surface area contributed by atoms with E-state index in [1.54, 1.807) is 0 Å². The van der Waals surface area contributed by atoms with E-state index < -0.39 is 39.5 Å². The first kappa shape index (κ1) is 9.60. The van der Waals surface area contributed by atoms with E-state index in [1.807, 2.05) is 0 Å². The average molecular weight is 326 g/mol. The van der Waals surface area contributed by atoms with Crippen LogP contribution in [0.1, 0.15) is 6.92 Å². The summed E-state index contributed by atoms with van der Waals surface area (Å²) in [5.41, 5.74) is 0. The Morgan fingerprint density at radius 2 is 1.12 bits per heavy atom. The summed E-state index contributed by atoms with van der Waals surface area (Å²) in [6.45, 7) is 2.49. The van der Waals surface area contributed by atoms with Gasteiger partial charge in [-0.1, -0.05) is 0 Å². The Balaban J connectivity index is 3.46. The van der Waals surface area contributed by atoms with Crippen molar-refractivity contribution in [3.05, 3.63) is 0 Å². The second-order valence-corrected chi connectivity index (χ2v) is 24.8. The molecule has 0 heterocycles. The van der Waals surface area contributed by atoms with Gasteiger partial charge < -0.3 is 0 Å². The number of hydrogen-bond donors (Lipinski definition) is 0. The predicted octanol–water partition coefficient (Wildman–Crippen LogP) is 2.42. The van der Waals surface area contributed by atoms with Crippen LogP contribution in [0.15, 0.2) is 0 Å². The molecule has 2 heteroatoms. The van der Waals surface area contributed by atoms with Crippen molar-refractivity contribution < 1.29 is 0 Å². The van der Waals surface area contributed by atoms with Gasteiger partial charge in [-0.15, -0.1) is 0 Å². The average Bonchev–Trinajstić information content (AvgIpc) is 1.64. The first-order chi connectivity index (χ1) is 3.55. The van der Waals surface area contributed by atoms with Gasteiger partial charge in [-0.2, -0.15) is 0 Å². The van der Waals surface area contributed by atoms with Gasteiger partial charge in [-0.25, -0.2) is 0 Å². The second kappa shape index (κ2) is 4.42. The van der Waals surface area contributed by atoms with E-state index in [-0.39, 0.29) is 0 Å². The van der Waals surface area contributed by atoms with Gasteiger partial charge in [0.2, 0.25) is 0 Å². The van der Waals surface area contributed by atoms with Gasteiger partial charge in [0.15, 0.2) is 0 Å². The van der Waals surface area contributed by atoms with Crippen molar-refractivity contribution in [1.82, 2.24) is 0 Å². The molecule has 0 aliphatic rings. The van der Waals surface area contributed by atoms with Crippen molar-refractivity contribution in [3.8, 4) is 0 Å². The first-order valence-corrected chi connectivity index (χ1v) is 17.9. The van der Waals surface area contributed by atoms with E-state index in [9.17, 15) is 0 Å². The van der Waals surface area contributed by atoms with Crippen LogP contribution in [-0.2, 0) is 0 Å². The minimum absolute atomic E-state index is 0.720. The van der Waals surface area contributed by atoms with E-state index in [2.05, 4.69) is 26.7 Å². The molecule has 0 aromatic carbocycles. The van der Waals surface area contributed by atoms with Crippen LogP contribution in [0.3, 0.4) is 0 Å². The van der Waals surface area contributed by atoms with Gasteiger partial charge >= 0.3 is 68.2 Å². The molecule has 0 aliphatic carbocycles. The molecule has 0 spiro atoms. The molecule has 0 saturated carbocycles. The Morgan fingerprint density at radius 1 is 0.875 bits per heavy atom. The summed E-state index contributed by atoms with van der Waals surface area (Å²) in [6.07, 6.45) is 0. The van der Waals surface area contributed by atoms with Crippen molar-refractivity contribution >= 4 is 39.5 Å². The third-order valence-corrected chi connectivity index (χ3v) is 33.7. The van der Waals surface area contributed by atoms with Gasteiger partial charge in [-0.05, 0) is 0 Å². The Bertz CT molecular complexity index is 51.5. The van der Waals surface area contributed by atoms with Crippen molar-refractivity contribution in [2.75, 3.05) is 0 Å². The van der Waals surface area contributed by atoms with E-state index >= 15 is 0 Å². The fourth-order valence-corrected chi connectivity index (χ4v) is 26.0. The number of rotatable bonds is 2. The Labute approximate surface area is 67.5 Å². The Morgan fingerprint density at radius 3 is 1.12 bits per heavy atom. The third-order valence-electron chi connectivity index (χ3n) is 1.73. The minimum atomic E-state index is -0.720.